The Morgan fingerprint density at radius 3 is 1.83 bits per heavy atom. The first kappa shape index (κ1) is 8.99. The Morgan fingerprint density at radius 2 is 1.50 bits per heavy atom. The standard InChI is InChI=1S/C7H11NO4/c9-6(10)4-2-1-3-5(8-4)7(11)12/h4-5,8H,1-3H2,(H,9,10)(H,11,12)/p-1/t4-,5-/m1/s1. The zero-order valence-corrected chi connectivity index (χ0v) is 6.49. The highest BCUT2D eigenvalue weighted by Gasteiger charge is 2.26. The van der Waals surface area contributed by atoms with Crippen molar-refractivity contribution in [3.05, 3.63) is 0 Å². The number of hydrogen-bond acceptors (Lipinski definition) is 4. The Bertz CT molecular complexity index is 184. The van der Waals surface area contributed by atoms with Gasteiger partial charge in [0.25, 0.3) is 0 Å². The van der Waals surface area contributed by atoms with E-state index in [-0.39, 0.29) is 0 Å². The quantitative estimate of drug-likeness (QED) is 0.458. The summed E-state index contributed by atoms with van der Waals surface area (Å²) < 4.78 is 0. The highest BCUT2D eigenvalue weighted by molar-refractivity contribution is 5.72. The van der Waals surface area contributed by atoms with Gasteiger partial charge in [-0.2, -0.15) is 0 Å². The zero-order valence-electron chi connectivity index (χ0n) is 6.49. The molecule has 0 aromatic carbocycles. The van der Waals surface area contributed by atoms with Gasteiger partial charge in [0, 0.05) is 12.8 Å². The van der Waals surface area contributed by atoms with Gasteiger partial charge in [0.15, 0.2) is 0 Å². The molecule has 68 valence electrons. The molecule has 0 aromatic heterocycles. The summed E-state index contributed by atoms with van der Waals surface area (Å²) in [4.78, 5) is 20.7. The molecular formula is C7H10NO4-. The van der Waals surface area contributed by atoms with E-state index in [1.54, 1.807) is 0 Å². The number of piperidine rings is 1. The molecule has 0 amide bonds. The molecule has 1 rings (SSSR count). The van der Waals surface area contributed by atoms with Gasteiger partial charge in [-0.15, -0.1) is 0 Å². The second-order valence-corrected chi connectivity index (χ2v) is 2.97. The number of quaternary nitrogens is 1. The largest absolute Gasteiger partial charge is 0.544 e. The summed E-state index contributed by atoms with van der Waals surface area (Å²) >= 11 is 0. The summed E-state index contributed by atoms with van der Waals surface area (Å²) in [5, 5.41) is 22.0. The van der Waals surface area contributed by atoms with Crippen molar-refractivity contribution in [2.45, 2.75) is 31.3 Å². The van der Waals surface area contributed by atoms with Crippen molar-refractivity contribution in [1.82, 2.24) is 0 Å². The van der Waals surface area contributed by atoms with Gasteiger partial charge in [-0.05, 0) is 6.42 Å². The van der Waals surface area contributed by atoms with Crippen LogP contribution >= 0.6 is 0 Å². The Kier molecular flexibility index (Phi) is 2.65. The smallest absolute Gasteiger partial charge is 0.127 e. The summed E-state index contributed by atoms with van der Waals surface area (Å²) in [5.74, 6) is -2.39. The van der Waals surface area contributed by atoms with E-state index in [0.717, 1.165) is 0 Å². The average Bonchev–Trinajstić information content (AvgIpc) is 2.04. The molecule has 2 N–H and O–H groups in total. The van der Waals surface area contributed by atoms with Crippen LogP contribution in [0.5, 0.6) is 0 Å². The predicted molar refractivity (Wildman–Crippen MR) is 33.4 cm³/mol. The molecule has 1 saturated heterocycles. The summed E-state index contributed by atoms with van der Waals surface area (Å²) in [6.45, 7) is 0. The van der Waals surface area contributed by atoms with Gasteiger partial charge in [0.1, 0.15) is 12.1 Å². The number of hydrogen-bond donors (Lipinski definition) is 1. The van der Waals surface area contributed by atoms with E-state index in [2.05, 4.69) is 0 Å². The average molecular weight is 172 g/mol. The van der Waals surface area contributed by atoms with Crippen LogP contribution in [0.25, 0.3) is 0 Å². The predicted octanol–water partition coefficient (Wildman–Crippen LogP) is -4.03. The van der Waals surface area contributed by atoms with Crippen LogP contribution in [-0.4, -0.2) is 24.0 Å². The third-order valence-electron chi connectivity index (χ3n) is 2.10. The summed E-state index contributed by atoms with van der Waals surface area (Å²) in [7, 11) is 0. The molecular weight excluding hydrogens is 162 g/mol. The Labute approximate surface area is 69.4 Å². The van der Waals surface area contributed by atoms with E-state index in [4.69, 9.17) is 0 Å². The Morgan fingerprint density at radius 1 is 1.08 bits per heavy atom. The number of aliphatic carboxylic acids is 2. The molecule has 0 radical (unpaired) electrons. The van der Waals surface area contributed by atoms with E-state index >= 15 is 0 Å². The lowest BCUT2D eigenvalue weighted by Gasteiger charge is -2.28. The zero-order chi connectivity index (χ0) is 9.14. The molecule has 0 saturated carbocycles. The van der Waals surface area contributed by atoms with Crippen LogP contribution in [0.15, 0.2) is 0 Å². The maximum absolute atomic E-state index is 10.4. The molecule has 1 aliphatic heterocycles. The molecule has 2 atom stereocenters. The first-order valence-corrected chi connectivity index (χ1v) is 3.88. The topological polar surface area (TPSA) is 96.9 Å². The number of rotatable bonds is 2. The van der Waals surface area contributed by atoms with Crippen LogP contribution in [0.1, 0.15) is 19.3 Å². The van der Waals surface area contributed by atoms with Crippen LogP contribution in [0.4, 0.5) is 0 Å². The molecule has 0 unspecified atom stereocenters. The molecule has 0 spiro atoms. The van der Waals surface area contributed by atoms with Gasteiger partial charge >= 0.3 is 0 Å². The minimum absolute atomic E-state index is 0.478. The minimum Gasteiger partial charge on any atom is -0.544 e. The van der Waals surface area contributed by atoms with Gasteiger partial charge in [-0.3, -0.25) is 0 Å². The lowest BCUT2D eigenvalue weighted by Crippen LogP contribution is -3.01. The number of carboxylic acid groups (broad SMARTS) is 2. The maximum Gasteiger partial charge on any atom is 0.127 e. The highest BCUT2D eigenvalue weighted by atomic mass is 16.4. The first-order chi connectivity index (χ1) is 5.61. The Hall–Kier alpha value is -1.10. The van der Waals surface area contributed by atoms with Gasteiger partial charge in [0.05, 0.1) is 11.9 Å². The number of nitrogens with two attached hydrogens (primary N) is 1. The maximum atomic E-state index is 10.4. The van der Waals surface area contributed by atoms with E-state index < -0.39 is 24.0 Å². The van der Waals surface area contributed by atoms with Crippen molar-refractivity contribution < 1.29 is 25.1 Å². The molecule has 5 heteroatoms. The monoisotopic (exact) mass is 172 g/mol. The van der Waals surface area contributed by atoms with Gasteiger partial charge in [-0.25, -0.2) is 0 Å². The molecule has 5 nitrogen and oxygen atoms in total. The fraction of sp³-hybridized carbons (Fsp3) is 0.714. The van der Waals surface area contributed by atoms with Crippen molar-refractivity contribution >= 4 is 11.9 Å². The molecule has 12 heavy (non-hydrogen) atoms. The third-order valence-corrected chi connectivity index (χ3v) is 2.10. The van der Waals surface area contributed by atoms with Gasteiger partial charge in [0.2, 0.25) is 0 Å². The van der Waals surface area contributed by atoms with E-state index in [1.807, 2.05) is 0 Å². The molecule has 0 aliphatic carbocycles. The molecule has 1 heterocycles. The highest BCUT2D eigenvalue weighted by Crippen LogP contribution is 2.05. The third kappa shape index (κ3) is 1.94. The number of carboxylic acids is 2. The van der Waals surface area contributed by atoms with Crippen LogP contribution in [0, 0.1) is 0 Å². The minimum atomic E-state index is -1.19. The lowest BCUT2D eigenvalue weighted by atomic mass is 9.99. The summed E-state index contributed by atoms with van der Waals surface area (Å²) in [6.07, 6.45) is 1.56. The van der Waals surface area contributed by atoms with Crippen molar-refractivity contribution in [1.29, 1.82) is 0 Å². The van der Waals surface area contributed by atoms with Crippen LogP contribution in [0.2, 0.25) is 0 Å². The lowest BCUT2D eigenvalue weighted by molar-refractivity contribution is -0.717. The van der Waals surface area contributed by atoms with Crippen LogP contribution in [-0.2, 0) is 9.59 Å². The molecule has 0 bridgehead atoms. The first-order valence-electron chi connectivity index (χ1n) is 3.88. The van der Waals surface area contributed by atoms with E-state index in [0.29, 0.717) is 19.3 Å². The van der Waals surface area contributed by atoms with Crippen molar-refractivity contribution in [3.63, 3.8) is 0 Å². The van der Waals surface area contributed by atoms with E-state index in [1.165, 1.54) is 5.32 Å². The molecule has 1 aliphatic rings. The molecule has 0 aromatic rings. The van der Waals surface area contributed by atoms with Gasteiger partial charge < -0.3 is 25.1 Å². The van der Waals surface area contributed by atoms with Crippen LogP contribution < -0.4 is 15.5 Å². The van der Waals surface area contributed by atoms with Crippen molar-refractivity contribution in [2.24, 2.45) is 0 Å². The van der Waals surface area contributed by atoms with E-state index in [9.17, 15) is 19.8 Å². The van der Waals surface area contributed by atoms with Crippen molar-refractivity contribution in [2.75, 3.05) is 0 Å². The van der Waals surface area contributed by atoms with Crippen molar-refractivity contribution in [3.8, 4) is 0 Å². The second-order valence-electron chi connectivity index (χ2n) is 2.97. The summed E-state index contributed by atoms with van der Waals surface area (Å²) in [5.41, 5.74) is 0. The number of carbonyl (C=O) groups is 2. The summed E-state index contributed by atoms with van der Waals surface area (Å²) in [6, 6.07) is -1.44. The normalized spacial score (nSPS) is 29.7. The fourth-order valence-corrected chi connectivity index (χ4v) is 1.42. The van der Waals surface area contributed by atoms with Gasteiger partial charge in [-0.1, -0.05) is 0 Å². The second kappa shape index (κ2) is 3.53. The molecule has 1 fully saturated rings. The Balaban J connectivity index is 2.51. The SMILES string of the molecule is O=C([O-])[C@H]1CCC[C@H](C(=O)[O-])[NH2+]1. The number of carbonyl (C=O) groups excluding carboxylic acids is 2. The fourth-order valence-electron chi connectivity index (χ4n) is 1.42. The van der Waals surface area contributed by atoms with Crippen LogP contribution in [0.3, 0.4) is 0 Å².